The summed E-state index contributed by atoms with van der Waals surface area (Å²) in [6.45, 7) is 6.47. The summed E-state index contributed by atoms with van der Waals surface area (Å²) in [5, 5.41) is 20.8. The molecule has 20 heteroatoms. The summed E-state index contributed by atoms with van der Waals surface area (Å²) in [6.07, 6.45) is -3.36. The minimum Gasteiger partial charge on any atom is -0.458 e. The summed E-state index contributed by atoms with van der Waals surface area (Å²) >= 11 is 0. The zero-order chi connectivity index (χ0) is 44.4. The topological polar surface area (TPSA) is 210 Å². The van der Waals surface area contributed by atoms with Crippen LogP contribution in [0, 0.1) is 30.3 Å². The summed E-state index contributed by atoms with van der Waals surface area (Å²) in [5.74, 6) is -7.86. The number of amides is 7. The van der Waals surface area contributed by atoms with Gasteiger partial charge in [-0.3, -0.25) is 24.0 Å². The number of nitrogens with one attached hydrogen (secondary N) is 4. The number of piperazine rings is 1. The van der Waals surface area contributed by atoms with Gasteiger partial charge in [-0.15, -0.1) is 0 Å². The molecule has 61 heavy (non-hydrogen) atoms. The van der Waals surface area contributed by atoms with Crippen molar-refractivity contribution in [1.29, 1.82) is 0 Å². The lowest BCUT2D eigenvalue weighted by molar-refractivity contribution is -0.163. The fourth-order valence-corrected chi connectivity index (χ4v) is 8.38. The van der Waals surface area contributed by atoms with Crippen LogP contribution in [0.25, 0.3) is 0 Å². The molecule has 0 radical (unpaired) electrons. The summed E-state index contributed by atoms with van der Waals surface area (Å²) in [7, 11) is 1.76. The van der Waals surface area contributed by atoms with E-state index in [9.17, 15) is 51.8 Å². The number of aliphatic hydroxyl groups is 1. The number of anilines is 1. The first-order valence-electron chi connectivity index (χ1n) is 20.2. The summed E-state index contributed by atoms with van der Waals surface area (Å²) < 4.78 is 49.2. The number of hydrogen-bond donors (Lipinski definition) is 5. The third-order valence-electron chi connectivity index (χ3n) is 11.5. The Hall–Kier alpha value is -5.76. The van der Waals surface area contributed by atoms with Crippen LogP contribution in [0.15, 0.2) is 36.4 Å². The molecule has 0 aromatic heterocycles. The van der Waals surface area contributed by atoms with Gasteiger partial charge in [0, 0.05) is 51.6 Å². The zero-order valence-corrected chi connectivity index (χ0v) is 34.5. The number of carbonyl (C=O) groups is 7. The Balaban J connectivity index is 1.36. The van der Waals surface area contributed by atoms with Gasteiger partial charge >= 0.3 is 12.0 Å². The molecule has 17 nitrogen and oxygen atoms in total. The number of rotatable bonds is 6. The second-order valence-corrected chi connectivity index (χ2v) is 16.5. The molecule has 4 aliphatic heterocycles. The number of benzene rings is 2. The number of aliphatic hydroxyl groups excluding tert-OH is 1. The van der Waals surface area contributed by atoms with E-state index in [2.05, 4.69) is 21.3 Å². The van der Waals surface area contributed by atoms with Gasteiger partial charge in [-0.25, -0.2) is 22.8 Å². The maximum atomic E-state index is 14.8. The Morgan fingerprint density at radius 2 is 1.54 bits per heavy atom. The standard InChI is InChI=1S/C41H51F3N8O9/c1-20-6-7-29(28(44)10-20)46-41(60)47-30(14-24-12-25(42)15-26(43)13-24)35(54)48-34-23(4)61-40(59)32-11-21(2)17-51(32)37(56)22(3)45-36(55)33-19-49(5)8-9-50(33)38(57)31-16-27(53)18-52(31)39(34)58/h6-7,10,12-13,15,21-23,27,30-34,53H,8-9,11,14,16-19H2,1-5H3,(H,45,55)(H,48,54)(H2,46,47,60)/t21-,22+,23+,27-,30?,31+,32+,33+,34+/m1/s1. The minimum atomic E-state index is -1.82. The highest BCUT2D eigenvalue weighted by Crippen LogP contribution is 2.28. The number of nitrogens with zero attached hydrogens (tertiary/aromatic N) is 4. The van der Waals surface area contributed by atoms with E-state index in [0.717, 1.165) is 23.1 Å². The van der Waals surface area contributed by atoms with Crippen molar-refractivity contribution in [3.8, 4) is 0 Å². The van der Waals surface area contributed by atoms with Gasteiger partial charge < -0.3 is 50.7 Å². The second kappa shape index (κ2) is 18.5. The van der Waals surface area contributed by atoms with Crippen LogP contribution in [0.5, 0.6) is 0 Å². The van der Waals surface area contributed by atoms with E-state index in [-0.39, 0.29) is 56.2 Å². The number of fused-ring (bicyclic) bond motifs is 3. The second-order valence-electron chi connectivity index (χ2n) is 16.5. The van der Waals surface area contributed by atoms with Crippen molar-refractivity contribution in [3.05, 3.63) is 65.0 Å². The highest BCUT2D eigenvalue weighted by molar-refractivity contribution is 5.99. The maximum Gasteiger partial charge on any atom is 0.329 e. The highest BCUT2D eigenvalue weighted by atomic mass is 19.1. The van der Waals surface area contributed by atoms with Crippen molar-refractivity contribution in [1.82, 2.24) is 35.6 Å². The summed E-state index contributed by atoms with van der Waals surface area (Å²) in [6, 6.07) is -2.90. The van der Waals surface area contributed by atoms with Crippen molar-refractivity contribution in [2.45, 2.75) is 95.4 Å². The molecule has 4 heterocycles. The molecule has 5 N–H and O–H groups in total. The SMILES string of the molecule is Cc1ccc(NC(=O)NC(Cc2cc(F)cc(F)c2)C(=O)N[C@@H]2C(=O)N3C[C@H](O)C[C@H]3C(=O)N3CCN(C)C[C@H]3C(=O)N[C@@H](C)C(=O)N3C[C@H](C)C[C@H]3C(=O)O[C@H]2C)c(F)c1. The molecule has 6 rings (SSSR count). The number of carbonyl (C=O) groups excluding carboxylic acids is 7. The van der Waals surface area contributed by atoms with Gasteiger partial charge in [-0.2, -0.15) is 0 Å². The predicted octanol–water partition coefficient (Wildman–Crippen LogP) is 0.421. The van der Waals surface area contributed by atoms with Gasteiger partial charge in [0.05, 0.1) is 11.8 Å². The van der Waals surface area contributed by atoms with E-state index >= 15 is 0 Å². The lowest BCUT2D eigenvalue weighted by Crippen LogP contribution is -2.65. The first kappa shape index (κ1) is 44.8. The van der Waals surface area contributed by atoms with Crippen LogP contribution in [-0.4, -0.2) is 154 Å². The molecule has 4 fully saturated rings. The molecule has 0 aliphatic carbocycles. The number of esters is 1. The van der Waals surface area contributed by atoms with Crippen LogP contribution in [0.1, 0.15) is 44.7 Å². The molecular weight excluding hydrogens is 805 g/mol. The molecule has 0 bridgehead atoms. The number of aryl methyl sites for hydroxylation is 1. The van der Waals surface area contributed by atoms with Crippen LogP contribution in [0.3, 0.4) is 0 Å². The molecule has 7 amide bonds. The average Bonchev–Trinajstić information content (AvgIpc) is 3.78. The average molecular weight is 857 g/mol. The Labute approximate surface area is 350 Å². The number of likely N-dealkylation sites (N-methyl/N-ethyl adjacent to an activating group) is 1. The Morgan fingerprint density at radius 1 is 0.852 bits per heavy atom. The molecule has 0 spiro atoms. The third-order valence-corrected chi connectivity index (χ3v) is 11.5. The van der Waals surface area contributed by atoms with Crippen molar-refractivity contribution in [2.75, 3.05) is 45.1 Å². The molecule has 0 saturated carbocycles. The Morgan fingerprint density at radius 3 is 2.23 bits per heavy atom. The predicted molar refractivity (Wildman–Crippen MR) is 211 cm³/mol. The molecule has 2 aromatic carbocycles. The first-order valence-corrected chi connectivity index (χ1v) is 20.2. The maximum absolute atomic E-state index is 14.8. The van der Waals surface area contributed by atoms with E-state index in [1.165, 1.54) is 35.8 Å². The van der Waals surface area contributed by atoms with Crippen molar-refractivity contribution in [2.24, 2.45) is 5.92 Å². The quantitative estimate of drug-likeness (QED) is 0.253. The molecule has 9 atom stereocenters. The first-order chi connectivity index (χ1) is 28.8. The van der Waals surface area contributed by atoms with E-state index in [1.54, 1.807) is 14.0 Å². The van der Waals surface area contributed by atoms with E-state index < -0.39 is 114 Å². The lowest BCUT2D eigenvalue weighted by Gasteiger charge is -2.42. The Bertz CT molecular complexity index is 2060. The number of cyclic esters (lactones) is 1. The molecule has 4 aliphatic rings. The van der Waals surface area contributed by atoms with Crippen molar-refractivity contribution >= 4 is 47.2 Å². The number of hydrogen-bond acceptors (Lipinski definition) is 10. The zero-order valence-electron chi connectivity index (χ0n) is 34.5. The molecular formula is C41H51F3N8O9. The summed E-state index contributed by atoms with van der Waals surface area (Å²) in [4.78, 5) is 104. The monoisotopic (exact) mass is 856 g/mol. The smallest absolute Gasteiger partial charge is 0.329 e. The van der Waals surface area contributed by atoms with Gasteiger partial charge in [0.15, 0.2) is 0 Å². The van der Waals surface area contributed by atoms with E-state index in [4.69, 9.17) is 4.74 Å². The molecule has 4 saturated heterocycles. The van der Waals surface area contributed by atoms with Gasteiger partial charge in [0.2, 0.25) is 29.5 Å². The van der Waals surface area contributed by atoms with Crippen LogP contribution in [0.4, 0.5) is 23.7 Å². The highest BCUT2D eigenvalue weighted by Gasteiger charge is 2.49. The van der Waals surface area contributed by atoms with E-state index in [1.807, 2.05) is 11.8 Å². The van der Waals surface area contributed by atoms with Crippen LogP contribution < -0.4 is 21.3 Å². The minimum absolute atomic E-state index is 0.0623. The van der Waals surface area contributed by atoms with Crippen molar-refractivity contribution < 1.29 is 56.6 Å². The molecule has 1 unspecified atom stereocenters. The number of urea groups is 1. The Kier molecular flexibility index (Phi) is 13.6. The lowest BCUT2D eigenvalue weighted by atomic mass is 10.0. The van der Waals surface area contributed by atoms with Gasteiger partial charge in [0.25, 0.3) is 0 Å². The largest absolute Gasteiger partial charge is 0.458 e. The van der Waals surface area contributed by atoms with Crippen molar-refractivity contribution in [3.63, 3.8) is 0 Å². The van der Waals surface area contributed by atoms with Crippen LogP contribution >= 0.6 is 0 Å². The van der Waals surface area contributed by atoms with Gasteiger partial charge in [-0.1, -0.05) is 13.0 Å². The third kappa shape index (κ3) is 10.2. The van der Waals surface area contributed by atoms with Crippen LogP contribution in [-0.2, 0) is 39.9 Å². The van der Waals surface area contributed by atoms with E-state index in [0.29, 0.717) is 18.2 Å². The fraction of sp³-hybridized carbons (Fsp3) is 0.537. The summed E-state index contributed by atoms with van der Waals surface area (Å²) in [5.41, 5.74) is 0.220. The van der Waals surface area contributed by atoms with Gasteiger partial charge in [0.1, 0.15) is 59.8 Å². The number of ether oxygens (including phenoxy) is 1. The number of halogens is 3. The normalized spacial score (nSPS) is 28.3. The fourth-order valence-electron chi connectivity index (χ4n) is 8.38. The van der Waals surface area contributed by atoms with Gasteiger partial charge in [-0.05, 0) is 75.5 Å². The van der Waals surface area contributed by atoms with Crippen LogP contribution in [0.2, 0.25) is 0 Å². The molecule has 2 aromatic rings. The molecule has 330 valence electrons.